The summed E-state index contributed by atoms with van der Waals surface area (Å²) < 4.78 is 10.5. The zero-order valence-corrected chi connectivity index (χ0v) is 14.6. The number of methoxy groups -OCH3 is 2. The molecule has 25 heavy (non-hydrogen) atoms. The van der Waals surface area contributed by atoms with Crippen LogP contribution in [0.1, 0.15) is 22.8 Å². The first kappa shape index (κ1) is 18.3. The maximum absolute atomic E-state index is 11.5. The molecule has 0 amide bonds. The molecule has 0 aliphatic carbocycles. The number of benzene rings is 2. The van der Waals surface area contributed by atoms with Crippen LogP contribution < -0.4 is 14.4 Å². The van der Waals surface area contributed by atoms with Crippen molar-refractivity contribution < 1.29 is 19.2 Å². The third-order valence-electron chi connectivity index (χ3n) is 3.86. The number of Topliss-reactive ketones (excluding diaryl/α,β-unsaturated/α-hetero) is 1. The average Bonchev–Trinajstić information content (AvgIpc) is 2.60. The highest BCUT2D eigenvalue weighted by Gasteiger charge is 2.19. The highest BCUT2D eigenvalue weighted by atomic mass is 16.6. The first-order chi connectivity index (χ1) is 11.9. The van der Waals surface area contributed by atoms with E-state index in [-0.39, 0.29) is 11.5 Å². The van der Waals surface area contributed by atoms with E-state index in [9.17, 15) is 14.9 Å². The molecule has 7 heteroatoms. The second-order valence-corrected chi connectivity index (χ2v) is 5.56. The molecule has 0 heterocycles. The topological polar surface area (TPSA) is 81.9 Å². The molecule has 0 atom stereocenters. The van der Waals surface area contributed by atoms with Crippen molar-refractivity contribution in [2.75, 3.05) is 26.2 Å². The minimum Gasteiger partial charge on any atom is -0.493 e. The van der Waals surface area contributed by atoms with Crippen molar-refractivity contribution in [1.82, 2.24) is 0 Å². The number of anilines is 1. The molecule has 2 rings (SSSR count). The lowest BCUT2D eigenvalue weighted by Gasteiger charge is -2.20. The van der Waals surface area contributed by atoms with Crippen molar-refractivity contribution in [2.45, 2.75) is 13.5 Å². The Kier molecular flexibility index (Phi) is 5.59. The Hall–Kier alpha value is -3.09. The normalized spacial score (nSPS) is 10.2. The smallest absolute Gasteiger partial charge is 0.293 e. The molecular formula is C18H20N2O5. The van der Waals surface area contributed by atoms with E-state index >= 15 is 0 Å². The average molecular weight is 344 g/mol. The lowest BCUT2D eigenvalue weighted by atomic mass is 10.1. The molecular weight excluding hydrogens is 324 g/mol. The molecule has 0 aliphatic heterocycles. The minimum atomic E-state index is -0.479. The van der Waals surface area contributed by atoms with Gasteiger partial charge in [-0.25, -0.2) is 0 Å². The lowest BCUT2D eigenvalue weighted by Crippen LogP contribution is -2.18. The molecule has 0 N–H and O–H groups in total. The monoisotopic (exact) mass is 344 g/mol. The molecule has 2 aromatic rings. The highest BCUT2D eigenvalue weighted by molar-refractivity contribution is 5.95. The van der Waals surface area contributed by atoms with Crippen molar-refractivity contribution in [2.24, 2.45) is 0 Å². The van der Waals surface area contributed by atoms with Gasteiger partial charge in [-0.3, -0.25) is 14.9 Å². The molecule has 132 valence electrons. The molecule has 0 saturated heterocycles. The van der Waals surface area contributed by atoms with Crippen molar-refractivity contribution >= 4 is 17.2 Å². The van der Waals surface area contributed by atoms with Crippen LogP contribution in [0, 0.1) is 10.1 Å². The predicted octanol–water partition coefficient (Wildman–Crippen LogP) is 3.45. The van der Waals surface area contributed by atoms with Gasteiger partial charge in [0.05, 0.1) is 19.1 Å². The van der Waals surface area contributed by atoms with Gasteiger partial charge in [0.25, 0.3) is 5.69 Å². The summed E-state index contributed by atoms with van der Waals surface area (Å²) in [5.74, 6) is 0.998. The van der Waals surface area contributed by atoms with Gasteiger partial charge in [-0.2, -0.15) is 0 Å². The zero-order valence-electron chi connectivity index (χ0n) is 14.6. The Morgan fingerprint density at radius 3 is 2.36 bits per heavy atom. The van der Waals surface area contributed by atoms with Crippen molar-refractivity contribution in [1.29, 1.82) is 0 Å². The van der Waals surface area contributed by atoms with Gasteiger partial charge in [-0.15, -0.1) is 0 Å². The van der Waals surface area contributed by atoms with Crippen LogP contribution in [0.2, 0.25) is 0 Å². The number of rotatable bonds is 7. The van der Waals surface area contributed by atoms with Crippen LogP contribution in [-0.2, 0) is 6.54 Å². The fraction of sp³-hybridized carbons (Fsp3) is 0.278. The first-order valence-electron chi connectivity index (χ1n) is 7.58. The number of carbonyl (C=O) groups is 1. The van der Waals surface area contributed by atoms with Gasteiger partial charge in [0.1, 0.15) is 5.69 Å². The summed E-state index contributed by atoms with van der Waals surface area (Å²) in [6, 6.07) is 9.97. The van der Waals surface area contributed by atoms with Gasteiger partial charge in [0.2, 0.25) is 0 Å². The van der Waals surface area contributed by atoms with Gasteiger partial charge < -0.3 is 14.4 Å². The van der Waals surface area contributed by atoms with Crippen molar-refractivity contribution in [3.8, 4) is 11.5 Å². The highest BCUT2D eigenvalue weighted by Crippen LogP contribution is 2.32. The molecule has 7 nitrogen and oxygen atoms in total. The van der Waals surface area contributed by atoms with E-state index in [0.717, 1.165) is 5.56 Å². The van der Waals surface area contributed by atoms with Crippen LogP contribution in [0.4, 0.5) is 11.4 Å². The standard InChI is InChI=1S/C18H20N2O5/c1-12(21)14-6-7-15(16(10-14)20(22)23)19(2)11-13-5-8-17(24-3)18(9-13)25-4/h5-10H,11H2,1-4H3. The number of ketones is 1. The maximum atomic E-state index is 11.5. The number of hydrogen-bond donors (Lipinski definition) is 0. The quantitative estimate of drug-likeness (QED) is 0.435. The summed E-state index contributed by atoms with van der Waals surface area (Å²) in [7, 11) is 4.87. The summed E-state index contributed by atoms with van der Waals surface area (Å²) in [6.45, 7) is 1.81. The number of hydrogen-bond acceptors (Lipinski definition) is 6. The Morgan fingerprint density at radius 2 is 1.80 bits per heavy atom. The van der Waals surface area contributed by atoms with Gasteiger partial charge in [-0.05, 0) is 36.8 Å². The fourth-order valence-corrected chi connectivity index (χ4v) is 2.55. The summed E-state index contributed by atoms with van der Waals surface area (Å²) >= 11 is 0. The van der Waals surface area contributed by atoms with Gasteiger partial charge in [0.15, 0.2) is 17.3 Å². The first-order valence-corrected chi connectivity index (χ1v) is 7.58. The second-order valence-electron chi connectivity index (χ2n) is 5.56. The Labute approximate surface area is 145 Å². The van der Waals surface area contributed by atoms with Crippen LogP contribution in [-0.4, -0.2) is 32.0 Å². The van der Waals surface area contributed by atoms with Gasteiger partial charge in [-0.1, -0.05) is 6.07 Å². The maximum Gasteiger partial charge on any atom is 0.293 e. The van der Waals surface area contributed by atoms with E-state index in [1.54, 1.807) is 44.4 Å². The van der Waals surface area contributed by atoms with E-state index in [1.807, 2.05) is 12.1 Å². The molecule has 0 unspecified atom stereocenters. The van der Waals surface area contributed by atoms with Gasteiger partial charge >= 0.3 is 0 Å². The summed E-state index contributed by atoms with van der Waals surface area (Å²) in [6.07, 6.45) is 0. The number of nitro groups is 1. The fourth-order valence-electron chi connectivity index (χ4n) is 2.55. The van der Waals surface area contributed by atoms with Crippen LogP contribution in [0.15, 0.2) is 36.4 Å². The third-order valence-corrected chi connectivity index (χ3v) is 3.86. The molecule has 0 aliphatic rings. The molecule has 2 aromatic carbocycles. The molecule has 0 fully saturated rings. The van der Waals surface area contributed by atoms with E-state index < -0.39 is 4.92 Å². The molecule has 0 bridgehead atoms. The summed E-state index contributed by atoms with van der Waals surface area (Å²) in [5.41, 5.74) is 1.56. The van der Waals surface area contributed by atoms with Crippen LogP contribution in [0.5, 0.6) is 11.5 Å². The summed E-state index contributed by atoms with van der Waals surface area (Å²) in [5, 5.41) is 11.4. The Morgan fingerprint density at radius 1 is 1.12 bits per heavy atom. The van der Waals surface area contributed by atoms with Crippen molar-refractivity contribution in [3.63, 3.8) is 0 Å². The number of nitrogens with zero attached hydrogens (tertiary/aromatic N) is 2. The number of ether oxygens (including phenoxy) is 2. The van der Waals surface area contributed by atoms with E-state index in [0.29, 0.717) is 29.3 Å². The molecule has 0 radical (unpaired) electrons. The third kappa shape index (κ3) is 4.06. The van der Waals surface area contributed by atoms with E-state index in [2.05, 4.69) is 0 Å². The predicted molar refractivity (Wildman–Crippen MR) is 94.8 cm³/mol. The minimum absolute atomic E-state index is 0.101. The Bertz CT molecular complexity index is 804. The SMILES string of the molecule is COc1ccc(CN(C)c2ccc(C(C)=O)cc2[N+](=O)[O-])cc1OC. The Balaban J connectivity index is 2.33. The van der Waals surface area contributed by atoms with Gasteiger partial charge in [0, 0.05) is 25.2 Å². The molecule has 0 spiro atoms. The lowest BCUT2D eigenvalue weighted by molar-refractivity contribution is -0.384. The van der Waals surface area contributed by atoms with Crippen molar-refractivity contribution in [3.05, 3.63) is 57.6 Å². The van der Waals surface area contributed by atoms with Crippen LogP contribution in [0.25, 0.3) is 0 Å². The zero-order chi connectivity index (χ0) is 18.6. The second kappa shape index (κ2) is 7.65. The molecule has 0 aromatic heterocycles. The number of carbonyl (C=O) groups excluding carboxylic acids is 1. The van der Waals surface area contributed by atoms with Crippen LogP contribution >= 0.6 is 0 Å². The van der Waals surface area contributed by atoms with E-state index in [1.165, 1.54) is 13.0 Å². The summed E-state index contributed by atoms with van der Waals surface area (Å²) in [4.78, 5) is 24.1. The molecule has 0 saturated carbocycles. The number of nitro benzene ring substituents is 1. The largest absolute Gasteiger partial charge is 0.493 e. The van der Waals surface area contributed by atoms with E-state index in [4.69, 9.17) is 9.47 Å². The van der Waals surface area contributed by atoms with Crippen LogP contribution in [0.3, 0.4) is 0 Å².